The minimum atomic E-state index is -0.305. The molecule has 3 aromatic rings. The van der Waals surface area contributed by atoms with Crippen molar-refractivity contribution in [3.05, 3.63) is 47.4 Å². The van der Waals surface area contributed by atoms with Gasteiger partial charge >= 0.3 is 0 Å². The number of piperidine rings is 1. The van der Waals surface area contributed by atoms with Crippen molar-refractivity contribution in [1.29, 1.82) is 0 Å². The van der Waals surface area contributed by atoms with Crippen LogP contribution in [0, 0.1) is 5.82 Å². The van der Waals surface area contributed by atoms with E-state index in [1.165, 1.54) is 23.5 Å². The Morgan fingerprint density at radius 1 is 1.37 bits per heavy atom. The number of halogens is 1. The summed E-state index contributed by atoms with van der Waals surface area (Å²) in [5.74, 6) is -0.299. The molecule has 27 heavy (non-hydrogen) atoms. The molecule has 142 valence electrons. The Morgan fingerprint density at radius 2 is 2.26 bits per heavy atom. The van der Waals surface area contributed by atoms with Crippen LogP contribution < -0.4 is 0 Å². The van der Waals surface area contributed by atoms with Crippen LogP contribution in [0.2, 0.25) is 0 Å². The van der Waals surface area contributed by atoms with E-state index in [0.717, 1.165) is 37.2 Å². The zero-order valence-electron chi connectivity index (χ0n) is 15.0. The van der Waals surface area contributed by atoms with E-state index in [9.17, 15) is 9.18 Å². The molecule has 1 fully saturated rings. The number of carbonyl (C=O) groups excluding carboxylic acids is 1. The lowest BCUT2D eigenvalue weighted by Gasteiger charge is -2.35. The molecule has 0 saturated carbocycles. The Bertz CT molecular complexity index is 952. The lowest BCUT2D eigenvalue weighted by Crippen LogP contribution is -2.44. The summed E-state index contributed by atoms with van der Waals surface area (Å²) in [5.41, 5.74) is 1.95. The number of fused-ring (bicyclic) bond motifs is 1. The normalized spacial score (nSPS) is 17.6. The van der Waals surface area contributed by atoms with Crippen LogP contribution in [0.4, 0.5) is 4.39 Å². The van der Waals surface area contributed by atoms with E-state index in [2.05, 4.69) is 4.98 Å². The van der Waals surface area contributed by atoms with Crippen molar-refractivity contribution in [2.24, 2.45) is 0 Å². The molecule has 0 spiro atoms. The van der Waals surface area contributed by atoms with Crippen molar-refractivity contribution in [2.75, 3.05) is 13.2 Å². The van der Waals surface area contributed by atoms with E-state index in [0.29, 0.717) is 23.4 Å². The van der Waals surface area contributed by atoms with Gasteiger partial charge in [0, 0.05) is 36.3 Å². The summed E-state index contributed by atoms with van der Waals surface area (Å²) in [7, 11) is 0. The monoisotopic (exact) mass is 387 g/mol. The first kappa shape index (κ1) is 18.1. The lowest BCUT2D eigenvalue weighted by molar-refractivity contribution is 0.0584. The molecule has 0 aliphatic carbocycles. The third-order valence-corrected chi connectivity index (χ3v) is 5.97. The van der Waals surface area contributed by atoms with Gasteiger partial charge in [-0.15, -0.1) is 11.3 Å². The standard InChI is InChI=1S/C20H22FN3O2S/c21-15-6-3-5-14(11-15)17-12-24-18(13-27-20(24)22-17)19(26)23-9-2-1-7-16(23)8-4-10-25/h3,5-6,11-13,16,25H,1-2,4,7-10H2/t16-/m0/s1. The second-order valence-corrected chi connectivity index (χ2v) is 7.76. The summed E-state index contributed by atoms with van der Waals surface area (Å²) in [5, 5.41) is 11.0. The molecule has 5 nitrogen and oxygen atoms in total. The van der Waals surface area contributed by atoms with Gasteiger partial charge in [-0.3, -0.25) is 9.20 Å². The average molecular weight is 387 g/mol. The number of rotatable bonds is 5. The third kappa shape index (κ3) is 3.61. The van der Waals surface area contributed by atoms with Gasteiger partial charge in [0.15, 0.2) is 4.96 Å². The zero-order valence-corrected chi connectivity index (χ0v) is 15.8. The highest BCUT2D eigenvalue weighted by Crippen LogP contribution is 2.27. The van der Waals surface area contributed by atoms with Crippen molar-refractivity contribution in [1.82, 2.24) is 14.3 Å². The second kappa shape index (κ2) is 7.78. The van der Waals surface area contributed by atoms with E-state index < -0.39 is 0 Å². The highest BCUT2D eigenvalue weighted by molar-refractivity contribution is 7.15. The molecular formula is C20H22FN3O2S. The summed E-state index contributed by atoms with van der Waals surface area (Å²) in [6.45, 7) is 0.900. The van der Waals surface area contributed by atoms with Crippen molar-refractivity contribution < 1.29 is 14.3 Å². The van der Waals surface area contributed by atoms with Gasteiger partial charge in [-0.2, -0.15) is 0 Å². The summed E-state index contributed by atoms with van der Waals surface area (Å²) >= 11 is 1.42. The Labute approximate surface area is 161 Å². The number of aliphatic hydroxyl groups excluding tert-OH is 1. The molecule has 1 saturated heterocycles. The Kier molecular flexibility index (Phi) is 5.22. The summed E-state index contributed by atoms with van der Waals surface area (Å²) < 4.78 is 15.3. The van der Waals surface area contributed by atoms with Crippen LogP contribution in [0.3, 0.4) is 0 Å². The molecule has 3 heterocycles. The van der Waals surface area contributed by atoms with Crippen LogP contribution in [0.1, 0.15) is 42.6 Å². The number of imidazole rings is 1. The first-order valence-electron chi connectivity index (χ1n) is 9.32. The van der Waals surface area contributed by atoms with Crippen LogP contribution in [0.5, 0.6) is 0 Å². The Balaban J connectivity index is 1.64. The van der Waals surface area contributed by atoms with Crippen molar-refractivity contribution >= 4 is 22.2 Å². The number of amides is 1. The van der Waals surface area contributed by atoms with Crippen LogP contribution in [-0.2, 0) is 0 Å². The minimum absolute atomic E-state index is 0.00656. The first-order valence-corrected chi connectivity index (χ1v) is 10.2. The van der Waals surface area contributed by atoms with E-state index in [-0.39, 0.29) is 24.4 Å². The number of benzene rings is 1. The maximum absolute atomic E-state index is 13.5. The molecule has 1 N–H and O–H groups in total. The smallest absolute Gasteiger partial charge is 0.271 e. The summed E-state index contributed by atoms with van der Waals surface area (Å²) in [4.78, 5) is 20.4. The predicted octanol–water partition coefficient (Wildman–Crippen LogP) is 3.97. The first-order chi connectivity index (χ1) is 13.2. The molecule has 7 heteroatoms. The topological polar surface area (TPSA) is 57.8 Å². The van der Waals surface area contributed by atoms with E-state index in [1.807, 2.05) is 20.7 Å². The maximum atomic E-state index is 13.5. The van der Waals surface area contributed by atoms with Crippen LogP contribution in [-0.4, -0.2) is 44.5 Å². The number of carbonyl (C=O) groups is 1. The Morgan fingerprint density at radius 3 is 3.07 bits per heavy atom. The van der Waals surface area contributed by atoms with Gasteiger partial charge in [0.1, 0.15) is 11.5 Å². The van der Waals surface area contributed by atoms with Gasteiger partial charge in [0.25, 0.3) is 5.91 Å². The number of thiazole rings is 1. The number of aliphatic hydroxyl groups is 1. The van der Waals surface area contributed by atoms with Crippen LogP contribution in [0.15, 0.2) is 35.8 Å². The van der Waals surface area contributed by atoms with Gasteiger partial charge in [-0.25, -0.2) is 9.37 Å². The minimum Gasteiger partial charge on any atom is -0.396 e. The largest absolute Gasteiger partial charge is 0.396 e. The Hall–Kier alpha value is -2.25. The highest BCUT2D eigenvalue weighted by Gasteiger charge is 2.29. The molecular weight excluding hydrogens is 365 g/mol. The summed E-state index contributed by atoms with van der Waals surface area (Å²) in [6.07, 6.45) is 6.45. The number of hydrogen-bond acceptors (Lipinski definition) is 4. The van der Waals surface area contributed by atoms with E-state index in [1.54, 1.807) is 12.3 Å². The lowest BCUT2D eigenvalue weighted by atomic mass is 9.97. The van der Waals surface area contributed by atoms with Gasteiger partial charge in [0.05, 0.1) is 5.69 Å². The van der Waals surface area contributed by atoms with E-state index in [4.69, 9.17) is 5.11 Å². The molecule has 0 radical (unpaired) electrons. The molecule has 2 aromatic heterocycles. The molecule has 1 aliphatic heterocycles. The molecule has 1 aliphatic rings. The molecule has 1 amide bonds. The second-order valence-electron chi connectivity index (χ2n) is 6.92. The number of likely N-dealkylation sites (tertiary alicyclic amines) is 1. The zero-order chi connectivity index (χ0) is 18.8. The van der Waals surface area contributed by atoms with Crippen molar-refractivity contribution in [3.8, 4) is 11.3 Å². The summed E-state index contributed by atoms with van der Waals surface area (Å²) in [6, 6.07) is 6.50. The molecule has 0 bridgehead atoms. The fourth-order valence-electron chi connectivity index (χ4n) is 3.77. The van der Waals surface area contributed by atoms with Crippen LogP contribution in [0.25, 0.3) is 16.2 Å². The SMILES string of the molecule is O=C(c1csc2nc(-c3cccc(F)c3)cn12)N1CCCC[C@H]1CCCO. The predicted molar refractivity (Wildman–Crippen MR) is 103 cm³/mol. The van der Waals surface area contributed by atoms with Gasteiger partial charge in [-0.05, 0) is 44.2 Å². The molecule has 1 aromatic carbocycles. The molecule has 4 rings (SSSR count). The number of aromatic nitrogens is 2. The quantitative estimate of drug-likeness (QED) is 0.721. The van der Waals surface area contributed by atoms with E-state index >= 15 is 0 Å². The van der Waals surface area contributed by atoms with Crippen LogP contribution >= 0.6 is 11.3 Å². The molecule has 1 atom stereocenters. The third-order valence-electron chi connectivity index (χ3n) is 5.13. The van der Waals surface area contributed by atoms with Gasteiger partial charge in [0.2, 0.25) is 0 Å². The fourth-order valence-corrected chi connectivity index (χ4v) is 4.61. The number of nitrogens with zero attached hydrogens (tertiary/aromatic N) is 3. The van der Waals surface area contributed by atoms with Crippen molar-refractivity contribution in [3.63, 3.8) is 0 Å². The fraction of sp³-hybridized carbons (Fsp3) is 0.400. The van der Waals surface area contributed by atoms with Gasteiger partial charge < -0.3 is 10.0 Å². The molecule has 0 unspecified atom stereocenters. The number of hydrogen-bond donors (Lipinski definition) is 1. The maximum Gasteiger partial charge on any atom is 0.271 e. The van der Waals surface area contributed by atoms with Crippen molar-refractivity contribution in [2.45, 2.75) is 38.1 Å². The highest BCUT2D eigenvalue weighted by atomic mass is 32.1. The van der Waals surface area contributed by atoms with Gasteiger partial charge in [-0.1, -0.05) is 12.1 Å². The average Bonchev–Trinajstić information content (AvgIpc) is 3.27.